The topological polar surface area (TPSA) is 63.4 Å². The molecule has 2 N–H and O–H groups in total. The molecule has 152 valence electrons. The smallest absolute Gasteiger partial charge is 0.255 e. The Kier molecular flexibility index (Phi) is 8.57. The van der Waals surface area contributed by atoms with Gasteiger partial charge in [0.2, 0.25) is 0 Å². The molecule has 0 spiro atoms. The van der Waals surface area contributed by atoms with Gasteiger partial charge in [0.25, 0.3) is 5.56 Å². The number of ether oxygens (including phenoxy) is 2. The van der Waals surface area contributed by atoms with Crippen molar-refractivity contribution >= 4 is 6.08 Å². The molecule has 0 amide bonds. The van der Waals surface area contributed by atoms with Gasteiger partial charge in [-0.3, -0.25) is 4.79 Å². The van der Waals surface area contributed by atoms with E-state index < -0.39 is 0 Å². The lowest BCUT2D eigenvalue weighted by molar-refractivity contribution is 0.354. The first kappa shape index (κ1) is 21.8. The molecule has 1 aromatic carbocycles. The van der Waals surface area contributed by atoms with Crippen LogP contribution in [0, 0.1) is 6.92 Å². The number of hydrogen-bond acceptors (Lipinski definition) is 4. The predicted octanol–water partition coefficient (Wildman–Crippen LogP) is 4.39. The van der Waals surface area contributed by atoms with Crippen LogP contribution >= 0.6 is 0 Å². The minimum absolute atomic E-state index is 0.0648. The van der Waals surface area contributed by atoms with Gasteiger partial charge in [-0.15, -0.1) is 0 Å². The molecule has 1 aliphatic rings. The summed E-state index contributed by atoms with van der Waals surface area (Å²) in [4.78, 5) is 14.1. The Morgan fingerprint density at radius 2 is 1.90 bits per heavy atom. The molecular weight excluding hydrogens is 364 g/mol. The number of likely N-dealkylation sites (N-methyl/N-ethyl adjacent to an activating group) is 1. The van der Waals surface area contributed by atoms with Crippen molar-refractivity contribution < 1.29 is 9.47 Å². The normalized spacial score (nSPS) is 13.0. The van der Waals surface area contributed by atoms with Gasteiger partial charge >= 0.3 is 0 Å². The summed E-state index contributed by atoms with van der Waals surface area (Å²) in [5.41, 5.74) is 4.05. The van der Waals surface area contributed by atoms with Gasteiger partial charge in [0, 0.05) is 24.5 Å². The van der Waals surface area contributed by atoms with Crippen LogP contribution in [0.5, 0.6) is 11.5 Å². The zero-order valence-electron chi connectivity index (χ0n) is 17.4. The molecular formula is C24H28N2O3. The third kappa shape index (κ3) is 6.88. The number of pyridine rings is 1. The van der Waals surface area contributed by atoms with Gasteiger partial charge in [-0.05, 0) is 60.9 Å². The zero-order chi connectivity index (χ0) is 21.1. The van der Waals surface area contributed by atoms with Crippen molar-refractivity contribution in [2.45, 2.75) is 13.3 Å². The van der Waals surface area contributed by atoms with E-state index in [4.69, 9.17) is 9.47 Å². The molecule has 0 saturated carbocycles. The van der Waals surface area contributed by atoms with Gasteiger partial charge in [0.1, 0.15) is 0 Å². The highest BCUT2D eigenvalue weighted by Crippen LogP contribution is 2.26. The molecule has 1 aromatic heterocycles. The molecule has 0 bridgehead atoms. The second kappa shape index (κ2) is 11.4. The number of aryl methyl sites for hydroxylation is 1. The lowest BCUT2D eigenvalue weighted by atomic mass is 10.1. The molecule has 1 heterocycles. The number of H-pyrrole nitrogens is 1. The average molecular weight is 392 g/mol. The number of benzene rings is 1. The van der Waals surface area contributed by atoms with Crippen molar-refractivity contribution in [3.05, 3.63) is 99.7 Å². The van der Waals surface area contributed by atoms with E-state index in [2.05, 4.69) is 22.5 Å². The Balaban J connectivity index is 0.000000234. The minimum Gasteiger partial charge on any atom is -0.493 e. The van der Waals surface area contributed by atoms with E-state index in [0.29, 0.717) is 5.56 Å². The van der Waals surface area contributed by atoms with Crippen molar-refractivity contribution in [1.29, 1.82) is 0 Å². The van der Waals surface area contributed by atoms with Crippen molar-refractivity contribution in [3.63, 3.8) is 0 Å². The van der Waals surface area contributed by atoms with Crippen LogP contribution in [0.4, 0.5) is 0 Å². The van der Waals surface area contributed by atoms with Crippen LogP contribution in [-0.4, -0.2) is 26.3 Å². The summed E-state index contributed by atoms with van der Waals surface area (Å²) in [7, 11) is 5.17. The van der Waals surface area contributed by atoms with Gasteiger partial charge in [-0.2, -0.15) is 0 Å². The Bertz CT molecular complexity index is 982. The third-order valence-electron chi connectivity index (χ3n) is 4.30. The van der Waals surface area contributed by atoms with Crippen molar-refractivity contribution in [1.82, 2.24) is 10.3 Å². The zero-order valence-corrected chi connectivity index (χ0v) is 17.4. The molecule has 2 aromatic rings. The lowest BCUT2D eigenvalue weighted by Gasteiger charge is -2.06. The molecule has 29 heavy (non-hydrogen) atoms. The van der Waals surface area contributed by atoms with E-state index in [0.717, 1.165) is 23.6 Å². The quantitative estimate of drug-likeness (QED) is 0.792. The number of hydrogen-bond donors (Lipinski definition) is 2. The molecule has 0 saturated heterocycles. The Morgan fingerprint density at radius 1 is 1.10 bits per heavy atom. The molecule has 5 heteroatoms. The second-order valence-electron chi connectivity index (χ2n) is 6.36. The summed E-state index contributed by atoms with van der Waals surface area (Å²) in [6.07, 6.45) is 14.5. The van der Waals surface area contributed by atoms with Crippen molar-refractivity contribution in [2.75, 3.05) is 21.3 Å². The second-order valence-corrected chi connectivity index (χ2v) is 6.36. The fraction of sp³-hybridized carbons (Fsp3) is 0.208. The van der Waals surface area contributed by atoms with Crippen LogP contribution in [0.3, 0.4) is 0 Å². The van der Waals surface area contributed by atoms with Crippen LogP contribution in [0.15, 0.2) is 83.0 Å². The van der Waals surface area contributed by atoms with Gasteiger partial charge in [-0.1, -0.05) is 30.4 Å². The van der Waals surface area contributed by atoms with Crippen LogP contribution in [0.1, 0.15) is 17.5 Å². The predicted molar refractivity (Wildman–Crippen MR) is 119 cm³/mol. The number of allylic oxidation sites excluding steroid dienone is 6. The molecule has 3 rings (SSSR count). The first-order chi connectivity index (χ1) is 14.1. The van der Waals surface area contributed by atoms with E-state index in [9.17, 15) is 4.79 Å². The highest BCUT2D eigenvalue weighted by molar-refractivity contribution is 5.53. The first-order valence-corrected chi connectivity index (χ1v) is 9.37. The number of methoxy groups -OCH3 is 2. The number of aromatic amines is 1. The van der Waals surface area contributed by atoms with Gasteiger partial charge in [-0.25, -0.2) is 0 Å². The lowest BCUT2D eigenvalue weighted by Crippen LogP contribution is -2.06. The summed E-state index contributed by atoms with van der Waals surface area (Å²) in [6.45, 7) is 2.02. The highest BCUT2D eigenvalue weighted by Gasteiger charge is 2.00. The monoisotopic (exact) mass is 392 g/mol. The van der Waals surface area contributed by atoms with E-state index in [1.54, 1.807) is 26.5 Å². The fourth-order valence-electron chi connectivity index (χ4n) is 2.65. The largest absolute Gasteiger partial charge is 0.493 e. The molecule has 5 nitrogen and oxygen atoms in total. The Morgan fingerprint density at radius 3 is 2.59 bits per heavy atom. The van der Waals surface area contributed by atoms with Gasteiger partial charge in [0.15, 0.2) is 11.5 Å². The van der Waals surface area contributed by atoms with Crippen LogP contribution in [0.25, 0.3) is 6.08 Å². The summed E-state index contributed by atoms with van der Waals surface area (Å²) in [5.74, 6) is 1.56. The molecule has 0 unspecified atom stereocenters. The Hall–Kier alpha value is -3.47. The maximum Gasteiger partial charge on any atom is 0.255 e. The van der Waals surface area contributed by atoms with Crippen LogP contribution in [-0.2, 0) is 0 Å². The van der Waals surface area contributed by atoms with Crippen molar-refractivity contribution in [3.8, 4) is 11.5 Å². The standard InChI is InChI=1S/C15H16N2O.C9H12O2/c1-16-14-6-2-4-12(8-10-14)7-9-13-5-3-11-17-15(13)18;1-7-4-5-8(10-2)9(6-7)11-3/h2-7,9-11,16H,8H2,1H3,(H,17,18);4-6H,1-3H3/b9-7+;. The average Bonchev–Trinajstić information content (AvgIpc) is 2.98. The van der Waals surface area contributed by atoms with Gasteiger partial charge in [0.05, 0.1) is 14.2 Å². The minimum atomic E-state index is -0.0648. The molecule has 0 aliphatic heterocycles. The summed E-state index contributed by atoms with van der Waals surface area (Å²) >= 11 is 0. The molecule has 0 radical (unpaired) electrons. The Labute approximate surface area is 172 Å². The number of nitrogens with one attached hydrogen (secondary N) is 2. The van der Waals surface area contributed by atoms with E-state index in [1.165, 1.54) is 11.1 Å². The number of rotatable bonds is 5. The maximum absolute atomic E-state index is 11.5. The third-order valence-corrected chi connectivity index (χ3v) is 4.30. The molecule has 0 atom stereocenters. The van der Waals surface area contributed by atoms with Gasteiger partial charge < -0.3 is 19.8 Å². The highest BCUT2D eigenvalue weighted by atomic mass is 16.5. The van der Waals surface area contributed by atoms with E-state index in [-0.39, 0.29) is 5.56 Å². The number of aromatic nitrogens is 1. The van der Waals surface area contributed by atoms with Crippen LogP contribution in [0.2, 0.25) is 0 Å². The van der Waals surface area contributed by atoms with Crippen LogP contribution < -0.4 is 20.3 Å². The summed E-state index contributed by atoms with van der Waals surface area (Å²) in [5, 5.41) is 3.11. The SMILES string of the molecule is CNC1=CCC(/C=C/c2ccc[nH]c2=O)=CC=C1.COc1ccc(C)cc1OC. The molecule has 0 fully saturated rings. The van der Waals surface area contributed by atoms with Crippen molar-refractivity contribution in [2.24, 2.45) is 0 Å². The van der Waals surface area contributed by atoms with E-state index >= 15 is 0 Å². The van der Waals surface area contributed by atoms with E-state index in [1.807, 2.05) is 62.5 Å². The summed E-state index contributed by atoms with van der Waals surface area (Å²) in [6, 6.07) is 9.45. The maximum atomic E-state index is 11.5. The first-order valence-electron chi connectivity index (χ1n) is 9.37. The summed E-state index contributed by atoms with van der Waals surface area (Å²) < 4.78 is 10.2. The fourth-order valence-corrected chi connectivity index (χ4v) is 2.65. The molecule has 1 aliphatic carbocycles.